The predicted octanol–water partition coefficient (Wildman–Crippen LogP) is 0.936. The number of benzene rings is 1. The number of rotatable bonds is 27. The standard InChI is InChI=1S/C26H40O14S/c1-2-25(27)39-21-19-37-17-15-35-13-11-33-9-7-32-8-10-34-12-14-36-16-18-38-20-22-40-26(28)23-5-3-4-6-24(23)41(29,30)31/h2-6H,1,7-22H2,(H,29,30,31). The van der Waals surface area contributed by atoms with Crippen LogP contribution in [0.5, 0.6) is 0 Å². The third-order valence-electron chi connectivity index (χ3n) is 4.72. The lowest BCUT2D eigenvalue weighted by Gasteiger charge is -2.09. The zero-order valence-electron chi connectivity index (χ0n) is 23.1. The van der Waals surface area contributed by atoms with E-state index in [0.29, 0.717) is 79.3 Å². The Morgan fingerprint density at radius 1 is 0.610 bits per heavy atom. The minimum atomic E-state index is -4.53. The normalized spacial score (nSPS) is 11.3. The van der Waals surface area contributed by atoms with Crippen molar-refractivity contribution in [2.24, 2.45) is 0 Å². The monoisotopic (exact) mass is 608 g/mol. The summed E-state index contributed by atoms with van der Waals surface area (Å²) in [5.74, 6) is -1.35. The minimum Gasteiger partial charge on any atom is -0.460 e. The molecule has 0 amide bonds. The van der Waals surface area contributed by atoms with E-state index in [0.717, 1.165) is 12.1 Å². The van der Waals surface area contributed by atoms with Gasteiger partial charge >= 0.3 is 11.9 Å². The fourth-order valence-electron chi connectivity index (χ4n) is 2.81. The van der Waals surface area contributed by atoms with Gasteiger partial charge in [0.05, 0.1) is 98.1 Å². The summed E-state index contributed by atoms with van der Waals surface area (Å²) in [6.45, 7) is 8.56. The summed E-state index contributed by atoms with van der Waals surface area (Å²) in [7, 11) is -4.53. The Kier molecular flexibility index (Phi) is 21.5. The summed E-state index contributed by atoms with van der Waals surface area (Å²) in [6.07, 6.45) is 1.10. The Morgan fingerprint density at radius 3 is 1.32 bits per heavy atom. The van der Waals surface area contributed by atoms with Crippen LogP contribution in [0.15, 0.2) is 41.8 Å². The van der Waals surface area contributed by atoms with Gasteiger partial charge in [0.25, 0.3) is 10.1 Å². The maximum Gasteiger partial charge on any atom is 0.339 e. The van der Waals surface area contributed by atoms with Gasteiger partial charge in [-0.2, -0.15) is 8.42 Å². The molecule has 0 saturated heterocycles. The van der Waals surface area contributed by atoms with Crippen molar-refractivity contribution in [1.29, 1.82) is 0 Å². The first-order valence-corrected chi connectivity index (χ1v) is 14.4. The molecule has 15 heteroatoms. The lowest BCUT2D eigenvalue weighted by molar-refractivity contribution is -0.139. The van der Waals surface area contributed by atoms with Gasteiger partial charge in [0.15, 0.2) is 0 Å². The third kappa shape index (κ3) is 20.1. The van der Waals surface area contributed by atoms with Crippen LogP contribution in [-0.4, -0.2) is 131 Å². The number of hydrogen-bond donors (Lipinski definition) is 1. The van der Waals surface area contributed by atoms with Crippen LogP contribution >= 0.6 is 0 Å². The highest BCUT2D eigenvalue weighted by atomic mass is 32.2. The van der Waals surface area contributed by atoms with Crippen molar-refractivity contribution < 1.29 is 65.2 Å². The van der Waals surface area contributed by atoms with Crippen molar-refractivity contribution >= 4 is 22.1 Å². The molecule has 0 aliphatic carbocycles. The quantitative estimate of drug-likeness (QED) is 0.0647. The van der Waals surface area contributed by atoms with Gasteiger partial charge in [0.1, 0.15) is 18.1 Å². The van der Waals surface area contributed by atoms with E-state index in [2.05, 4.69) is 6.58 Å². The summed E-state index contributed by atoms with van der Waals surface area (Å²) in [5.41, 5.74) is -0.249. The zero-order chi connectivity index (χ0) is 30.0. The van der Waals surface area contributed by atoms with Gasteiger partial charge in [-0.25, -0.2) is 9.59 Å². The molecule has 0 bridgehead atoms. The number of ether oxygens (including phenoxy) is 9. The highest BCUT2D eigenvalue weighted by Crippen LogP contribution is 2.16. The fourth-order valence-corrected chi connectivity index (χ4v) is 3.49. The molecule has 0 radical (unpaired) electrons. The van der Waals surface area contributed by atoms with E-state index in [9.17, 15) is 22.6 Å². The maximum absolute atomic E-state index is 12.0. The first-order chi connectivity index (χ1) is 19.9. The molecule has 1 rings (SSSR count). The van der Waals surface area contributed by atoms with E-state index in [1.165, 1.54) is 18.2 Å². The van der Waals surface area contributed by atoms with Gasteiger partial charge in [0.2, 0.25) is 0 Å². The number of carbonyl (C=O) groups is 2. The van der Waals surface area contributed by atoms with Gasteiger partial charge in [-0.3, -0.25) is 4.55 Å². The molecule has 0 fully saturated rings. The molecular formula is C26H40O14S. The molecule has 0 spiro atoms. The van der Waals surface area contributed by atoms with Crippen LogP contribution in [0.3, 0.4) is 0 Å². The summed E-state index contributed by atoms with van der Waals surface area (Å²) in [6, 6.07) is 5.21. The molecule has 41 heavy (non-hydrogen) atoms. The molecule has 0 aliphatic rings. The molecule has 234 valence electrons. The predicted molar refractivity (Wildman–Crippen MR) is 143 cm³/mol. The Balaban J connectivity index is 1.79. The van der Waals surface area contributed by atoms with E-state index in [-0.39, 0.29) is 32.0 Å². The maximum atomic E-state index is 12.0. The second-order valence-electron chi connectivity index (χ2n) is 7.77. The largest absolute Gasteiger partial charge is 0.460 e. The molecule has 1 aromatic carbocycles. The second-order valence-corrected chi connectivity index (χ2v) is 9.16. The Bertz CT molecular complexity index is 953. The SMILES string of the molecule is C=CC(=O)OCCOCCOCCOCCOCCOCCOCCOCCOC(=O)c1ccccc1S(=O)(=O)O. The van der Waals surface area contributed by atoms with E-state index in [1.54, 1.807) is 0 Å². The molecule has 0 unspecified atom stereocenters. The highest BCUT2D eigenvalue weighted by Gasteiger charge is 2.20. The van der Waals surface area contributed by atoms with Crippen LogP contribution in [-0.2, 0) is 57.5 Å². The van der Waals surface area contributed by atoms with Crippen LogP contribution in [0.25, 0.3) is 0 Å². The minimum absolute atomic E-state index is 0.0881. The van der Waals surface area contributed by atoms with Gasteiger partial charge in [-0.1, -0.05) is 18.7 Å². The van der Waals surface area contributed by atoms with E-state index in [1.807, 2.05) is 0 Å². The lowest BCUT2D eigenvalue weighted by Crippen LogP contribution is -2.16. The fraction of sp³-hybridized carbons (Fsp3) is 0.615. The van der Waals surface area contributed by atoms with E-state index >= 15 is 0 Å². The molecule has 0 aliphatic heterocycles. The van der Waals surface area contributed by atoms with Crippen LogP contribution < -0.4 is 0 Å². The van der Waals surface area contributed by atoms with Gasteiger partial charge in [0, 0.05) is 6.08 Å². The van der Waals surface area contributed by atoms with Gasteiger partial charge in [-0.15, -0.1) is 0 Å². The molecule has 0 atom stereocenters. The van der Waals surface area contributed by atoms with Crippen LogP contribution in [0.4, 0.5) is 0 Å². The van der Waals surface area contributed by atoms with Crippen molar-refractivity contribution in [1.82, 2.24) is 0 Å². The average molecular weight is 609 g/mol. The molecule has 1 N–H and O–H groups in total. The summed E-state index contributed by atoms with van der Waals surface area (Å²) < 4.78 is 79.0. The highest BCUT2D eigenvalue weighted by molar-refractivity contribution is 7.86. The second kappa shape index (κ2) is 24.2. The molecule has 0 heterocycles. The van der Waals surface area contributed by atoms with Crippen LogP contribution in [0, 0.1) is 0 Å². The zero-order valence-corrected chi connectivity index (χ0v) is 23.9. The van der Waals surface area contributed by atoms with Gasteiger partial charge < -0.3 is 42.6 Å². The first-order valence-electron chi connectivity index (χ1n) is 12.9. The van der Waals surface area contributed by atoms with Crippen LogP contribution in [0.1, 0.15) is 10.4 Å². The van der Waals surface area contributed by atoms with Crippen molar-refractivity contribution in [3.8, 4) is 0 Å². The molecule has 1 aromatic rings. The Morgan fingerprint density at radius 2 is 0.951 bits per heavy atom. The average Bonchev–Trinajstić information content (AvgIpc) is 2.96. The van der Waals surface area contributed by atoms with Crippen molar-refractivity contribution in [3.63, 3.8) is 0 Å². The smallest absolute Gasteiger partial charge is 0.339 e. The van der Waals surface area contributed by atoms with Crippen molar-refractivity contribution in [3.05, 3.63) is 42.5 Å². The van der Waals surface area contributed by atoms with Crippen molar-refractivity contribution in [2.75, 3.05) is 106 Å². The molecular weight excluding hydrogens is 568 g/mol. The number of esters is 2. The Hall–Kier alpha value is -2.47. The lowest BCUT2D eigenvalue weighted by atomic mass is 10.2. The number of carbonyl (C=O) groups excluding carboxylic acids is 2. The summed E-state index contributed by atoms with van der Waals surface area (Å²) >= 11 is 0. The van der Waals surface area contributed by atoms with Crippen molar-refractivity contribution in [2.45, 2.75) is 4.90 Å². The van der Waals surface area contributed by atoms with Gasteiger partial charge in [-0.05, 0) is 12.1 Å². The van der Waals surface area contributed by atoms with E-state index in [4.69, 9.17) is 42.6 Å². The molecule has 0 aromatic heterocycles. The number of hydrogen-bond acceptors (Lipinski definition) is 13. The first kappa shape index (κ1) is 36.6. The topological polar surface area (TPSA) is 172 Å². The summed E-state index contributed by atoms with van der Waals surface area (Å²) in [5, 5.41) is 0. The third-order valence-corrected chi connectivity index (χ3v) is 5.63. The molecule has 0 saturated carbocycles. The molecule has 14 nitrogen and oxygen atoms in total. The summed E-state index contributed by atoms with van der Waals surface area (Å²) in [4.78, 5) is 22.3. The Labute approximate surface area is 240 Å². The van der Waals surface area contributed by atoms with Crippen LogP contribution in [0.2, 0.25) is 0 Å². The van der Waals surface area contributed by atoms with E-state index < -0.39 is 27.0 Å².